The third-order valence-electron chi connectivity index (χ3n) is 3.91. The number of oxime groups is 1. The summed E-state index contributed by atoms with van der Waals surface area (Å²) in [6.45, 7) is 2.83. The number of aliphatic hydroxyl groups excluding tert-OH is 1. The molecule has 1 heterocycles. The van der Waals surface area contributed by atoms with Gasteiger partial charge in [0.05, 0.1) is 12.8 Å². The Labute approximate surface area is 165 Å². The minimum atomic E-state index is -1.83. The first-order valence-corrected chi connectivity index (χ1v) is 9.30. The van der Waals surface area contributed by atoms with E-state index in [1.165, 1.54) is 25.7 Å². The zero-order chi connectivity index (χ0) is 20.6. The second-order valence-electron chi connectivity index (χ2n) is 6.05. The van der Waals surface area contributed by atoms with Crippen molar-refractivity contribution in [2.45, 2.75) is 45.6 Å². The lowest BCUT2D eigenvalue weighted by Gasteiger charge is -2.10. The molecule has 0 saturated carbocycles. The molecule has 0 aliphatic carbocycles. The predicted molar refractivity (Wildman–Crippen MR) is 109 cm³/mol. The number of rotatable bonds is 10. The standard InChI is InChI=1S/C20H26N2O2.CH2O3/c1-2-3-4-5-6-13-24-22-15-18-9-7-10-19(16-23)20(18)17-11-8-12-21-14-17;2-1(3)4/h7-12,14-15,23H,2-6,13,16H2,1H3;(H2,2,3,4). The van der Waals surface area contributed by atoms with Crippen LogP contribution in [0.4, 0.5) is 4.79 Å². The third kappa shape index (κ3) is 9.14. The Bertz CT molecular complexity index is 716. The van der Waals surface area contributed by atoms with E-state index in [-0.39, 0.29) is 6.61 Å². The van der Waals surface area contributed by atoms with Crippen molar-refractivity contribution in [2.75, 3.05) is 6.61 Å². The van der Waals surface area contributed by atoms with Gasteiger partial charge in [-0.1, -0.05) is 55.6 Å². The lowest BCUT2D eigenvalue weighted by Crippen LogP contribution is -1.97. The van der Waals surface area contributed by atoms with Crippen molar-refractivity contribution in [1.82, 2.24) is 4.98 Å². The van der Waals surface area contributed by atoms with Gasteiger partial charge in [-0.15, -0.1) is 0 Å². The topological polar surface area (TPSA) is 112 Å². The van der Waals surface area contributed by atoms with E-state index in [9.17, 15) is 5.11 Å². The van der Waals surface area contributed by atoms with Crippen LogP contribution in [0.2, 0.25) is 0 Å². The Morgan fingerprint density at radius 1 is 1.14 bits per heavy atom. The summed E-state index contributed by atoms with van der Waals surface area (Å²) in [4.78, 5) is 18.1. The molecule has 3 N–H and O–H groups in total. The molecule has 0 spiro atoms. The fourth-order valence-electron chi connectivity index (χ4n) is 2.64. The fourth-order valence-corrected chi connectivity index (χ4v) is 2.64. The van der Waals surface area contributed by atoms with Gasteiger partial charge in [-0.3, -0.25) is 4.98 Å². The number of carboxylic acid groups (broad SMARTS) is 2. The zero-order valence-electron chi connectivity index (χ0n) is 16.1. The fraction of sp³-hybridized carbons (Fsp3) is 0.381. The monoisotopic (exact) mass is 388 g/mol. The number of pyridine rings is 1. The van der Waals surface area contributed by atoms with E-state index in [1.807, 2.05) is 30.3 Å². The minimum Gasteiger partial charge on any atom is -0.450 e. The van der Waals surface area contributed by atoms with Gasteiger partial charge >= 0.3 is 6.16 Å². The number of aliphatic hydroxyl groups is 1. The van der Waals surface area contributed by atoms with Crippen molar-refractivity contribution < 1.29 is 25.0 Å². The highest BCUT2D eigenvalue weighted by molar-refractivity contribution is 5.91. The van der Waals surface area contributed by atoms with Crippen LogP contribution in [0.3, 0.4) is 0 Å². The van der Waals surface area contributed by atoms with E-state index in [1.54, 1.807) is 18.6 Å². The van der Waals surface area contributed by atoms with Crippen LogP contribution >= 0.6 is 0 Å². The van der Waals surface area contributed by atoms with E-state index >= 15 is 0 Å². The Balaban J connectivity index is 0.000000892. The van der Waals surface area contributed by atoms with Gasteiger partial charge in [0.2, 0.25) is 0 Å². The Morgan fingerprint density at radius 3 is 2.54 bits per heavy atom. The van der Waals surface area contributed by atoms with Gasteiger partial charge < -0.3 is 20.2 Å². The number of nitrogens with zero attached hydrogens (tertiary/aromatic N) is 2. The summed E-state index contributed by atoms with van der Waals surface area (Å²) in [5, 5.41) is 27.7. The Morgan fingerprint density at radius 2 is 1.89 bits per heavy atom. The maximum Gasteiger partial charge on any atom is 0.503 e. The number of hydrogen-bond donors (Lipinski definition) is 3. The minimum absolute atomic E-state index is 0.0236. The maximum absolute atomic E-state index is 9.62. The van der Waals surface area contributed by atoms with Crippen LogP contribution in [0.1, 0.15) is 50.2 Å². The van der Waals surface area contributed by atoms with Crippen molar-refractivity contribution in [3.63, 3.8) is 0 Å². The van der Waals surface area contributed by atoms with Gasteiger partial charge in [0, 0.05) is 23.5 Å². The summed E-state index contributed by atoms with van der Waals surface area (Å²) in [6.07, 6.45) is 9.42. The molecule has 0 radical (unpaired) electrons. The smallest absolute Gasteiger partial charge is 0.450 e. The van der Waals surface area contributed by atoms with E-state index in [0.717, 1.165) is 28.7 Å². The van der Waals surface area contributed by atoms with Crippen LogP contribution in [0.25, 0.3) is 11.1 Å². The molecule has 0 atom stereocenters. The summed E-state index contributed by atoms with van der Waals surface area (Å²) >= 11 is 0. The zero-order valence-corrected chi connectivity index (χ0v) is 16.1. The van der Waals surface area contributed by atoms with Crippen LogP contribution in [0.15, 0.2) is 47.9 Å². The Kier molecular flexibility index (Phi) is 11.7. The molecule has 2 aromatic rings. The van der Waals surface area contributed by atoms with E-state index in [2.05, 4.69) is 17.1 Å². The van der Waals surface area contributed by atoms with Crippen LogP contribution in [0, 0.1) is 0 Å². The first-order valence-electron chi connectivity index (χ1n) is 9.30. The van der Waals surface area contributed by atoms with Gasteiger partial charge in [-0.25, -0.2) is 4.79 Å². The van der Waals surface area contributed by atoms with Crippen LogP contribution in [-0.4, -0.2) is 39.3 Å². The average molecular weight is 388 g/mol. The molecule has 0 fully saturated rings. The summed E-state index contributed by atoms with van der Waals surface area (Å²) < 4.78 is 0. The lowest BCUT2D eigenvalue weighted by molar-refractivity contribution is 0.137. The molecule has 1 aromatic carbocycles. The number of unbranched alkanes of at least 4 members (excludes halogenated alkanes) is 4. The number of aromatic nitrogens is 1. The predicted octanol–water partition coefficient (Wildman–Crippen LogP) is 4.78. The largest absolute Gasteiger partial charge is 0.503 e. The van der Waals surface area contributed by atoms with Gasteiger partial charge in [0.1, 0.15) is 6.61 Å². The SMILES string of the molecule is CCCCCCCON=Cc1cccc(CO)c1-c1cccnc1.O=C(O)O. The Hall–Kier alpha value is -2.93. The van der Waals surface area contributed by atoms with E-state index < -0.39 is 6.16 Å². The van der Waals surface area contributed by atoms with Crippen molar-refractivity contribution in [3.05, 3.63) is 53.9 Å². The van der Waals surface area contributed by atoms with Crippen molar-refractivity contribution in [3.8, 4) is 11.1 Å². The molecular formula is C21H28N2O5. The second-order valence-corrected chi connectivity index (χ2v) is 6.05. The van der Waals surface area contributed by atoms with Crippen molar-refractivity contribution >= 4 is 12.4 Å². The van der Waals surface area contributed by atoms with Gasteiger partial charge in [-0.2, -0.15) is 0 Å². The molecule has 152 valence electrons. The lowest BCUT2D eigenvalue weighted by atomic mass is 9.96. The van der Waals surface area contributed by atoms with Gasteiger partial charge in [0.15, 0.2) is 0 Å². The first kappa shape index (κ1) is 23.1. The molecule has 0 aliphatic heterocycles. The molecule has 7 nitrogen and oxygen atoms in total. The highest BCUT2D eigenvalue weighted by Crippen LogP contribution is 2.26. The van der Waals surface area contributed by atoms with E-state index in [4.69, 9.17) is 19.8 Å². The molecule has 7 heteroatoms. The van der Waals surface area contributed by atoms with Crippen LogP contribution in [-0.2, 0) is 11.4 Å². The maximum atomic E-state index is 9.62. The quantitative estimate of drug-likeness (QED) is 0.307. The molecule has 0 aliphatic rings. The number of benzene rings is 1. The number of hydrogen-bond acceptors (Lipinski definition) is 5. The summed E-state index contributed by atoms with van der Waals surface area (Å²) in [6, 6.07) is 9.66. The second kappa shape index (κ2) is 14.2. The highest BCUT2D eigenvalue weighted by atomic mass is 16.6. The van der Waals surface area contributed by atoms with Gasteiger partial charge in [0.25, 0.3) is 0 Å². The summed E-state index contributed by atoms with van der Waals surface area (Å²) in [5.41, 5.74) is 3.68. The molecule has 0 unspecified atom stereocenters. The molecule has 28 heavy (non-hydrogen) atoms. The van der Waals surface area contributed by atoms with Gasteiger partial charge in [-0.05, 0) is 30.0 Å². The van der Waals surface area contributed by atoms with E-state index in [0.29, 0.717) is 6.61 Å². The van der Waals surface area contributed by atoms with Crippen molar-refractivity contribution in [2.24, 2.45) is 5.16 Å². The molecule has 0 bridgehead atoms. The molecule has 1 aromatic heterocycles. The molecule has 0 amide bonds. The molecular weight excluding hydrogens is 360 g/mol. The van der Waals surface area contributed by atoms with Crippen LogP contribution < -0.4 is 0 Å². The van der Waals surface area contributed by atoms with Crippen LogP contribution in [0.5, 0.6) is 0 Å². The third-order valence-corrected chi connectivity index (χ3v) is 3.91. The highest BCUT2D eigenvalue weighted by Gasteiger charge is 2.09. The normalized spacial score (nSPS) is 10.4. The summed E-state index contributed by atoms with van der Waals surface area (Å²) in [5.74, 6) is 0. The van der Waals surface area contributed by atoms with Crippen molar-refractivity contribution in [1.29, 1.82) is 0 Å². The summed E-state index contributed by atoms with van der Waals surface area (Å²) in [7, 11) is 0. The number of carbonyl (C=O) groups is 1. The average Bonchev–Trinajstić information content (AvgIpc) is 2.70. The molecule has 2 rings (SSSR count). The molecule has 0 saturated heterocycles. The first-order chi connectivity index (χ1) is 13.6.